The molecule has 3 aromatic carbocycles. The fraction of sp³-hybridized carbons (Fsp3) is 0.269. The zero-order valence-electron chi connectivity index (χ0n) is 17.6. The Bertz CT molecular complexity index is 1050. The Hall–Kier alpha value is -2.63. The van der Waals surface area contributed by atoms with Crippen molar-refractivity contribution in [2.75, 3.05) is 6.61 Å². The molecule has 1 aliphatic carbocycles. The lowest BCUT2D eigenvalue weighted by atomic mass is 9.90. The van der Waals surface area contributed by atoms with Crippen LogP contribution in [0.5, 0.6) is 0 Å². The summed E-state index contributed by atoms with van der Waals surface area (Å²) in [5.41, 5.74) is 4.60. The van der Waals surface area contributed by atoms with Crippen LogP contribution in [0.2, 0.25) is 0 Å². The topological polar surface area (TPSA) is 58.6 Å². The number of halogens is 1. The molecule has 4 rings (SSSR count). The minimum Gasteiger partial charge on any atom is -0.449 e. The maximum atomic E-state index is 12.5. The van der Waals surface area contributed by atoms with Gasteiger partial charge in [0, 0.05) is 16.8 Å². The van der Waals surface area contributed by atoms with E-state index in [2.05, 4.69) is 45.5 Å². The maximum absolute atomic E-state index is 12.5. The van der Waals surface area contributed by atoms with E-state index in [4.69, 9.17) is 4.74 Å². The van der Waals surface area contributed by atoms with E-state index in [1.807, 2.05) is 48.5 Å². The molecule has 31 heavy (non-hydrogen) atoms. The predicted molar refractivity (Wildman–Crippen MR) is 126 cm³/mol. The van der Waals surface area contributed by atoms with Crippen molar-refractivity contribution in [2.45, 2.75) is 37.8 Å². The van der Waals surface area contributed by atoms with Crippen molar-refractivity contribution >= 4 is 22.0 Å². The highest BCUT2D eigenvalue weighted by molar-refractivity contribution is 9.10. The lowest BCUT2D eigenvalue weighted by Crippen LogP contribution is -2.50. The summed E-state index contributed by atoms with van der Waals surface area (Å²) in [5.74, 6) is 0.00985. The summed E-state index contributed by atoms with van der Waals surface area (Å²) in [7, 11) is 0. The molecule has 3 aromatic rings. The SMILES string of the molecule is CC(NC(=O)OCC1c2ccccc2-c2ccccc21)C(C)(O)Cc1cccc(Br)c1. The summed E-state index contributed by atoms with van der Waals surface area (Å²) in [6.45, 7) is 3.77. The van der Waals surface area contributed by atoms with E-state index in [0.717, 1.165) is 10.0 Å². The number of carbonyl (C=O) groups is 1. The van der Waals surface area contributed by atoms with Gasteiger partial charge in [-0.25, -0.2) is 4.79 Å². The zero-order chi connectivity index (χ0) is 22.0. The third-order valence-corrected chi connectivity index (χ3v) is 6.56. The van der Waals surface area contributed by atoms with E-state index < -0.39 is 17.7 Å². The van der Waals surface area contributed by atoms with Crippen LogP contribution in [-0.2, 0) is 11.2 Å². The van der Waals surface area contributed by atoms with Gasteiger partial charge in [0.25, 0.3) is 0 Å². The number of alkyl carbamates (subject to hydrolysis) is 1. The number of amides is 1. The van der Waals surface area contributed by atoms with Crippen molar-refractivity contribution in [2.24, 2.45) is 0 Å². The molecule has 160 valence electrons. The van der Waals surface area contributed by atoms with Crippen LogP contribution >= 0.6 is 15.9 Å². The van der Waals surface area contributed by atoms with Gasteiger partial charge in [-0.1, -0.05) is 76.6 Å². The summed E-state index contributed by atoms with van der Waals surface area (Å²) in [5, 5.41) is 13.7. The molecule has 5 heteroatoms. The summed E-state index contributed by atoms with van der Waals surface area (Å²) >= 11 is 3.45. The average molecular weight is 480 g/mol. The number of carbonyl (C=O) groups excluding carboxylic acids is 1. The van der Waals surface area contributed by atoms with Crippen molar-refractivity contribution in [3.05, 3.63) is 94.0 Å². The number of hydrogen-bond acceptors (Lipinski definition) is 3. The van der Waals surface area contributed by atoms with Gasteiger partial charge >= 0.3 is 6.09 Å². The van der Waals surface area contributed by atoms with E-state index in [-0.39, 0.29) is 12.5 Å². The Kier molecular flexibility index (Phi) is 6.17. The van der Waals surface area contributed by atoms with Crippen LogP contribution in [-0.4, -0.2) is 29.4 Å². The molecule has 0 heterocycles. The van der Waals surface area contributed by atoms with Gasteiger partial charge in [0.1, 0.15) is 6.61 Å². The van der Waals surface area contributed by atoms with E-state index in [1.54, 1.807) is 13.8 Å². The van der Waals surface area contributed by atoms with Gasteiger partial charge in [0.05, 0.1) is 11.6 Å². The van der Waals surface area contributed by atoms with Gasteiger partial charge < -0.3 is 15.2 Å². The van der Waals surface area contributed by atoms with Gasteiger partial charge in [-0.15, -0.1) is 0 Å². The fourth-order valence-electron chi connectivity index (χ4n) is 4.19. The van der Waals surface area contributed by atoms with Crippen molar-refractivity contribution < 1.29 is 14.6 Å². The summed E-state index contributed by atoms with van der Waals surface area (Å²) in [6, 6.07) is 23.8. The number of aliphatic hydroxyl groups is 1. The van der Waals surface area contributed by atoms with Crippen LogP contribution in [0.15, 0.2) is 77.3 Å². The highest BCUT2D eigenvalue weighted by Gasteiger charge is 2.32. The van der Waals surface area contributed by atoms with Crippen LogP contribution in [0.3, 0.4) is 0 Å². The standard InChI is InChI=1S/C26H26BrNO3/c1-17(26(2,30)15-18-8-7-9-19(27)14-18)28-25(29)31-16-24-22-12-5-3-10-20(22)21-11-4-6-13-23(21)24/h3-14,17,24,30H,15-16H2,1-2H3,(H,28,29). The second-order valence-electron chi connectivity index (χ2n) is 8.36. The van der Waals surface area contributed by atoms with Crippen LogP contribution in [0.1, 0.15) is 36.5 Å². The van der Waals surface area contributed by atoms with Gasteiger partial charge in [0.15, 0.2) is 0 Å². The fourth-order valence-corrected chi connectivity index (χ4v) is 4.63. The molecular formula is C26H26BrNO3. The van der Waals surface area contributed by atoms with Crippen LogP contribution in [0.4, 0.5) is 4.79 Å². The molecule has 1 aliphatic rings. The first kappa shape index (κ1) is 21.6. The van der Waals surface area contributed by atoms with Gasteiger partial charge in [-0.05, 0) is 53.8 Å². The monoisotopic (exact) mass is 479 g/mol. The minimum absolute atomic E-state index is 0.00985. The van der Waals surface area contributed by atoms with E-state index >= 15 is 0 Å². The number of fused-ring (bicyclic) bond motifs is 3. The molecule has 2 atom stereocenters. The van der Waals surface area contributed by atoms with Crippen molar-refractivity contribution in [3.63, 3.8) is 0 Å². The second kappa shape index (κ2) is 8.85. The van der Waals surface area contributed by atoms with Crippen LogP contribution < -0.4 is 5.32 Å². The van der Waals surface area contributed by atoms with Crippen molar-refractivity contribution in [1.82, 2.24) is 5.32 Å². The highest BCUT2D eigenvalue weighted by atomic mass is 79.9. The molecule has 0 saturated carbocycles. The Labute approximate surface area is 191 Å². The van der Waals surface area contributed by atoms with E-state index in [0.29, 0.717) is 6.42 Å². The number of rotatable bonds is 6. The number of benzene rings is 3. The molecule has 1 amide bonds. The molecule has 0 aromatic heterocycles. The Morgan fingerprint density at radius 1 is 1.06 bits per heavy atom. The first-order valence-electron chi connectivity index (χ1n) is 10.4. The van der Waals surface area contributed by atoms with Gasteiger partial charge in [-0.3, -0.25) is 0 Å². The molecule has 2 unspecified atom stereocenters. The van der Waals surface area contributed by atoms with Crippen LogP contribution in [0, 0.1) is 0 Å². The van der Waals surface area contributed by atoms with E-state index in [1.165, 1.54) is 22.3 Å². The Balaban J connectivity index is 1.39. The lowest BCUT2D eigenvalue weighted by Gasteiger charge is -2.31. The third-order valence-electron chi connectivity index (χ3n) is 6.06. The predicted octanol–water partition coefficient (Wildman–Crippen LogP) is 5.67. The van der Waals surface area contributed by atoms with Gasteiger partial charge in [-0.2, -0.15) is 0 Å². The lowest BCUT2D eigenvalue weighted by molar-refractivity contribution is 0.0236. The minimum atomic E-state index is -1.12. The molecule has 0 bridgehead atoms. The summed E-state index contributed by atoms with van der Waals surface area (Å²) in [4.78, 5) is 12.5. The largest absolute Gasteiger partial charge is 0.449 e. The Morgan fingerprint density at radius 3 is 2.29 bits per heavy atom. The molecule has 0 aliphatic heterocycles. The normalized spacial score (nSPS) is 15.5. The molecular weight excluding hydrogens is 454 g/mol. The number of ether oxygens (including phenoxy) is 1. The number of hydrogen-bond donors (Lipinski definition) is 2. The molecule has 0 fully saturated rings. The average Bonchev–Trinajstić information content (AvgIpc) is 3.06. The van der Waals surface area contributed by atoms with Crippen molar-refractivity contribution in [3.8, 4) is 11.1 Å². The van der Waals surface area contributed by atoms with Crippen LogP contribution in [0.25, 0.3) is 11.1 Å². The molecule has 0 radical (unpaired) electrons. The Morgan fingerprint density at radius 2 is 1.68 bits per heavy atom. The second-order valence-corrected chi connectivity index (χ2v) is 9.27. The smallest absolute Gasteiger partial charge is 0.407 e. The van der Waals surface area contributed by atoms with E-state index in [9.17, 15) is 9.90 Å². The summed E-state index contributed by atoms with van der Waals surface area (Å²) < 4.78 is 6.56. The molecule has 0 spiro atoms. The first-order chi connectivity index (χ1) is 14.8. The number of nitrogens with one attached hydrogen (secondary N) is 1. The third kappa shape index (κ3) is 4.68. The molecule has 4 nitrogen and oxygen atoms in total. The quantitative estimate of drug-likeness (QED) is 0.478. The molecule has 0 saturated heterocycles. The van der Waals surface area contributed by atoms with Gasteiger partial charge in [0.2, 0.25) is 0 Å². The maximum Gasteiger partial charge on any atom is 0.407 e. The highest BCUT2D eigenvalue weighted by Crippen LogP contribution is 2.44. The zero-order valence-corrected chi connectivity index (χ0v) is 19.2. The molecule has 2 N–H and O–H groups in total. The van der Waals surface area contributed by atoms with Crippen molar-refractivity contribution in [1.29, 1.82) is 0 Å². The summed E-state index contributed by atoms with van der Waals surface area (Å²) in [6.07, 6.45) is -0.110. The first-order valence-corrected chi connectivity index (χ1v) is 11.2.